The fraction of sp³-hybridized carbons (Fsp3) is 0.280. The van der Waals surface area contributed by atoms with E-state index in [1.807, 2.05) is 58.1 Å². The zero-order valence-electron chi connectivity index (χ0n) is 18.2. The number of likely N-dealkylation sites (tertiary alicyclic amines) is 1. The van der Waals surface area contributed by atoms with E-state index in [9.17, 15) is 4.79 Å². The van der Waals surface area contributed by atoms with E-state index in [4.69, 9.17) is 27.9 Å². The Bertz CT molecular complexity index is 1210. The Morgan fingerprint density at radius 3 is 2.73 bits per heavy atom. The molecular weight excluding hydrogens is 459 g/mol. The summed E-state index contributed by atoms with van der Waals surface area (Å²) in [6.07, 6.45) is 3.60. The molecule has 0 aliphatic carbocycles. The normalized spacial score (nSPS) is 20.0. The van der Waals surface area contributed by atoms with Crippen LogP contribution >= 0.6 is 23.2 Å². The summed E-state index contributed by atoms with van der Waals surface area (Å²) >= 11 is 12.6. The predicted octanol–water partition coefficient (Wildman–Crippen LogP) is 5.25. The molecule has 2 unspecified atom stereocenters. The summed E-state index contributed by atoms with van der Waals surface area (Å²) in [5.41, 5.74) is 3.17. The number of carbonyl (C=O) groups excluding carboxylic acids is 1. The summed E-state index contributed by atoms with van der Waals surface area (Å²) in [7, 11) is 1.67. The van der Waals surface area contributed by atoms with Gasteiger partial charge in [-0.1, -0.05) is 59.6 Å². The minimum Gasteiger partial charge on any atom is -0.383 e. The largest absolute Gasteiger partial charge is 0.383 e. The van der Waals surface area contributed by atoms with E-state index in [-0.39, 0.29) is 11.9 Å². The molecular formula is C25H24Cl2N4O2. The van der Waals surface area contributed by atoms with Gasteiger partial charge in [0.15, 0.2) is 0 Å². The monoisotopic (exact) mass is 482 g/mol. The Balaban J connectivity index is 1.71. The van der Waals surface area contributed by atoms with Crippen molar-refractivity contribution in [2.45, 2.75) is 24.9 Å². The van der Waals surface area contributed by atoms with E-state index >= 15 is 0 Å². The number of fused-ring (bicyclic) bond motifs is 1. The van der Waals surface area contributed by atoms with Crippen molar-refractivity contribution >= 4 is 40.6 Å². The quantitative estimate of drug-likeness (QED) is 0.539. The molecule has 2 aliphatic rings. The number of nitrogens with zero attached hydrogens (tertiary/aromatic N) is 3. The van der Waals surface area contributed by atoms with Crippen LogP contribution in [0.3, 0.4) is 0 Å². The van der Waals surface area contributed by atoms with Crippen molar-refractivity contribution in [3.8, 4) is 0 Å². The third kappa shape index (κ3) is 4.03. The second-order valence-corrected chi connectivity index (χ2v) is 9.08. The minimum absolute atomic E-state index is 0.0295. The first-order valence-electron chi connectivity index (χ1n) is 10.9. The maximum absolute atomic E-state index is 14.2. The van der Waals surface area contributed by atoms with Crippen LogP contribution in [-0.2, 0) is 9.53 Å². The second kappa shape index (κ2) is 9.21. The number of rotatable bonds is 5. The van der Waals surface area contributed by atoms with E-state index in [0.29, 0.717) is 28.8 Å². The summed E-state index contributed by atoms with van der Waals surface area (Å²) < 4.78 is 7.25. The van der Waals surface area contributed by atoms with Crippen LogP contribution in [0.1, 0.15) is 30.0 Å². The fourth-order valence-corrected chi connectivity index (χ4v) is 5.05. The van der Waals surface area contributed by atoms with Gasteiger partial charge in [-0.3, -0.25) is 4.79 Å². The van der Waals surface area contributed by atoms with Crippen LogP contribution in [0.5, 0.6) is 0 Å². The molecule has 2 aliphatic heterocycles. The lowest BCUT2D eigenvalue weighted by molar-refractivity contribution is -0.129. The van der Waals surface area contributed by atoms with Crippen LogP contribution in [0, 0.1) is 0 Å². The van der Waals surface area contributed by atoms with Gasteiger partial charge in [0.1, 0.15) is 11.9 Å². The third-order valence-electron chi connectivity index (χ3n) is 6.26. The lowest BCUT2D eigenvalue weighted by Gasteiger charge is -2.34. The molecule has 0 radical (unpaired) electrons. The first-order chi connectivity index (χ1) is 16.1. The highest BCUT2D eigenvalue weighted by Crippen LogP contribution is 2.41. The highest BCUT2D eigenvalue weighted by atomic mass is 35.5. The summed E-state index contributed by atoms with van der Waals surface area (Å²) in [4.78, 5) is 16.1. The number of hydrogen-bond acceptors (Lipinski definition) is 4. The Hall–Kier alpha value is -2.80. The number of benzene rings is 2. The van der Waals surface area contributed by atoms with Gasteiger partial charge < -0.3 is 15.0 Å². The van der Waals surface area contributed by atoms with Crippen molar-refractivity contribution in [3.05, 3.63) is 87.5 Å². The van der Waals surface area contributed by atoms with Gasteiger partial charge >= 0.3 is 0 Å². The molecule has 5 rings (SSSR count). The lowest BCUT2D eigenvalue weighted by Crippen LogP contribution is -2.42. The molecule has 1 amide bonds. The number of carbonyl (C=O) groups is 1. The number of ether oxygens (including phenoxy) is 1. The Morgan fingerprint density at radius 2 is 1.97 bits per heavy atom. The van der Waals surface area contributed by atoms with Crippen LogP contribution in [0.2, 0.25) is 10.0 Å². The number of hydrogen-bond donors (Lipinski definition) is 1. The smallest absolute Gasteiger partial charge is 0.254 e. The number of aromatic nitrogens is 2. The lowest BCUT2D eigenvalue weighted by atomic mass is 9.91. The van der Waals surface area contributed by atoms with Crippen LogP contribution in [-0.4, -0.2) is 46.9 Å². The highest BCUT2D eigenvalue weighted by Gasteiger charge is 2.39. The van der Waals surface area contributed by atoms with E-state index in [1.165, 1.54) is 0 Å². The van der Waals surface area contributed by atoms with Crippen molar-refractivity contribution in [3.63, 3.8) is 0 Å². The molecule has 0 spiro atoms. The van der Waals surface area contributed by atoms with Crippen molar-refractivity contribution < 1.29 is 9.53 Å². The zero-order chi connectivity index (χ0) is 22.9. The first kappa shape index (κ1) is 22.0. The summed E-state index contributed by atoms with van der Waals surface area (Å²) in [6, 6.07) is 16.9. The second-order valence-electron chi connectivity index (χ2n) is 8.27. The fourth-order valence-electron chi connectivity index (χ4n) is 4.74. The molecule has 33 heavy (non-hydrogen) atoms. The van der Waals surface area contributed by atoms with Gasteiger partial charge in [0, 0.05) is 19.7 Å². The molecule has 1 fully saturated rings. The van der Waals surface area contributed by atoms with Gasteiger partial charge in [-0.15, -0.1) is 0 Å². The van der Waals surface area contributed by atoms with Crippen LogP contribution in [0.15, 0.2) is 66.4 Å². The SMILES string of the molecule is COCC1CCCN1C(=O)C1=C(c2ccccc2)Nc2ccnn2C1c1ccc(Cl)c(Cl)c1. The Morgan fingerprint density at radius 1 is 1.15 bits per heavy atom. The molecule has 2 atom stereocenters. The topological polar surface area (TPSA) is 59.4 Å². The number of methoxy groups -OCH3 is 1. The Kier molecular flexibility index (Phi) is 6.15. The molecule has 3 heterocycles. The number of nitrogens with one attached hydrogen (secondary N) is 1. The average Bonchev–Trinajstić information content (AvgIpc) is 3.49. The number of anilines is 1. The molecule has 170 valence electrons. The molecule has 8 heteroatoms. The maximum Gasteiger partial charge on any atom is 0.254 e. The molecule has 0 saturated carbocycles. The molecule has 1 aromatic heterocycles. The molecule has 3 aromatic rings. The van der Waals surface area contributed by atoms with Gasteiger partial charge in [-0.25, -0.2) is 4.68 Å². The van der Waals surface area contributed by atoms with Crippen LogP contribution < -0.4 is 5.32 Å². The van der Waals surface area contributed by atoms with E-state index < -0.39 is 6.04 Å². The zero-order valence-corrected chi connectivity index (χ0v) is 19.7. The molecule has 1 N–H and O–H groups in total. The number of amides is 1. The Labute approximate surface area is 202 Å². The minimum atomic E-state index is -0.461. The van der Waals surface area contributed by atoms with Gasteiger partial charge in [0.05, 0.1) is 40.2 Å². The first-order valence-corrected chi connectivity index (χ1v) is 11.7. The van der Waals surface area contributed by atoms with Gasteiger partial charge in [0.2, 0.25) is 0 Å². The van der Waals surface area contributed by atoms with Crippen molar-refractivity contribution in [2.75, 3.05) is 25.6 Å². The number of halogens is 2. The van der Waals surface area contributed by atoms with E-state index in [2.05, 4.69) is 10.4 Å². The van der Waals surface area contributed by atoms with E-state index in [0.717, 1.165) is 35.5 Å². The highest BCUT2D eigenvalue weighted by molar-refractivity contribution is 6.42. The van der Waals surface area contributed by atoms with Gasteiger partial charge in [0.25, 0.3) is 5.91 Å². The van der Waals surface area contributed by atoms with Crippen LogP contribution in [0.4, 0.5) is 5.82 Å². The molecule has 6 nitrogen and oxygen atoms in total. The maximum atomic E-state index is 14.2. The van der Waals surface area contributed by atoms with Gasteiger partial charge in [-0.2, -0.15) is 5.10 Å². The van der Waals surface area contributed by atoms with Crippen molar-refractivity contribution in [2.24, 2.45) is 0 Å². The third-order valence-corrected chi connectivity index (χ3v) is 7.00. The predicted molar refractivity (Wildman–Crippen MR) is 130 cm³/mol. The standard InChI is InChI=1S/C25H24Cl2N4O2/c1-33-15-18-8-5-13-30(18)25(32)22-23(16-6-3-2-4-7-16)29-21-11-12-28-31(21)24(22)17-9-10-19(26)20(27)14-17/h2-4,6-7,9-12,14,18,24,29H,5,8,13,15H2,1H3. The molecule has 1 saturated heterocycles. The molecule has 2 aromatic carbocycles. The van der Waals surface area contributed by atoms with Crippen molar-refractivity contribution in [1.29, 1.82) is 0 Å². The summed E-state index contributed by atoms with van der Waals surface area (Å²) in [6.45, 7) is 1.20. The summed E-state index contributed by atoms with van der Waals surface area (Å²) in [5.74, 6) is 0.773. The molecule has 0 bridgehead atoms. The van der Waals surface area contributed by atoms with Gasteiger partial charge in [-0.05, 0) is 36.1 Å². The average molecular weight is 483 g/mol. The van der Waals surface area contributed by atoms with Crippen LogP contribution in [0.25, 0.3) is 5.70 Å². The van der Waals surface area contributed by atoms with Crippen molar-refractivity contribution in [1.82, 2.24) is 14.7 Å². The summed E-state index contributed by atoms with van der Waals surface area (Å²) in [5, 5.41) is 8.93. The van der Waals surface area contributed by atoms with E-state index in [1.54, 1.807) is 19.4 Å².